The van der Waals surface area contributed by atoms with E-state index in [1.165, 1.54) is 4.90 Å². The van der Waals surface area contributed by atoms with Crippen molar-refractivity contribution in [1.29, 1.82) is 0 Å². The molecule has 5 nitrogen and oxygen atoms in total. The summed E-state index contributed by atoms with van der Waals surface area (Å²) >= 11 is 3.44. The lowest BCUT2D eigenvalue weighted by molar-refractivity contribution is 0.0926. The van der Waals surface area contributed by atoms with E-state index in [1.54, 1.807) is 42.5 Å². The molecular formula is C21H11BrN2O3. The van der Waals surface area contributed by atoms with Gasteiger partial charge in [-0.05, 0) is 48.5 Å². The van der Waals surface area contributed by atoms with Gasteiger partial charge < -0.3 is 4.42 Å². The van der Waals surface area contributed by atoms with E-state index in [2.05, 4.69) is 20.9 Å². The number of rotatable bonds is 2. The standard InChI is InChI=1S/C21H11BrN2O3/c22-13-5-3-4-12(10-13)19-23-17-11-14(8-9-18(17)27-19)24-20(25)15-6-1-2-7-16(15)21(24)26/h1-11H. The number of oxazole rings is 1. The first-order valence-electron chi connectivity index (χ1n) is 8.26. The zero-order valence-corrected chi connectivity index (χ0v) is 15.4. The lowest BCUT2D eigenvalue weighted by Gasteiger charge is -2.13. The van der Waals surface area contributed by atoms with Gasteiger partial charge in [0.1, 0.15) is 5.52 Å². The number of fused-ring (bicyclic) bond motifs is 2. The SMILES string of the molecule is O=C1c2ccccc2C(=O)N1c1ccc2oc(-c3cccc(Br)c3)nc2c1. The van der Waals surface area contributed by atoms with Crippen LogP contribution in [0.4, 0.5) is 5.69 Å². The van der Waals surface area contributed by atoms with Crippen molar-refractivity contribution in [3.63, 3.8) is 0 Å². The first-order valence-corrected chi connectivity index (χ1v) is 9.05. The van der Waals surface area contributed by atoms with E-state index in [9.17, 15) is 9.59 Å². The van der Waals surface area contributed by atoms with Gasteiger partial charge >= 0.3 is 0 Å². The zero-order valence-electron chi connectivity index (χ0n) is 13.8. The number of anilines is 1. The Balaban J connectivity index is 1.58. The van der Waals surface area contributed by atoms with Gasteiger partial charge in [0, 0.05) is 10.0 Å². The quantitative estimate of drug-likeness (QED) is 0.426. The van der Waals surface area contributed by atoms with Crippen molar-refractivity contribution in [3.8, 4) is 11.5 Å². The number of imide groups is 1. The molecule has 0 atom stereocenters. The molecule has 0 unspecified atom stereocenters. The van der Waals surface area contributed by atoms with E-state index in [4.69, 9.17) is 4.42 Å². The summed E-state index contributed by atoms with van der Waals surface area (Å²) in [7, 11) is 0. The number of halogens is 1. The maximum absolute atomic E-state index is 12.7. The van der Waals surface area contributed by atoms with Crippen molar-refractivity contribution in [1.82, 2.24) is 4.98 Å². The Labute approximate surface area is 162 Å². The molecule has 1 aromatic heterocycles. The van der Waals surface area contributed by atoms with E-state index in [0.29, 0.717) is 33.8 Å². The number of nitrogens with zero attached hydrogens (tertiary/aromatic N) is 2. The summed E-state index contributed by atoms with van der Waals surface area (Å²) in [5.74, 6) is -0.179. The lowest BCUT2D eigenvalue weighted by Crippen LogP contribution is -2.29. The molecule has 4 aromatic rings. The lowest BCUT2D eigenvalue weighted by atomic mass is 10.1. The fourth-order valence-electron chi connectivity index (χ4n) is 3.22. The van der Waals surface area contributed by atoms with Gasteiger partial charge in [-0.15, -0.1) is 0 Å². The molecule has 0 spiro atoms. The summed E-state index contributed by atoms with van der Waals surface area (Å²) in [6, 6.07) is 19.6. The highest BCUT2D eigenvalue weighted by Gasteiger charge is 2.36. The van der Waals surface area contributed by atoms with Crippen LogP contribution in [0.1, 0.15) is 20.7 Å². The van der Waals surface area contributed by atoms with E-state index in [1.807, 2.05) is 24.3 Å². The molecule has 6 heteroatoms. The maximum atomic E-state index is 12.7. The minimum Gasteiger partial charge on any atom is -0.436 e. The molecule has 2 heterocycles. The van der Waals surface area contributed by atoms with Crippen molar-refractivity contribution in [2.24, 2.45) is 0 Å². The third-order valence-corrected chi connectivity index (χ3v) is 4.99. The summed E-state index contributed by atoms with van der Waals surface area (Å²) in [4.78, 5) is 31.0. The molecule has 0 radical (unpaired) electrons. The molecule has 0 saturated carbocycles. The summed E-state index contributed by atoms with van der Waals surface area (Å²) in [5.41, 5.74) is 3.31. The van der Waals surface area contributed by atoms with Crippen LogP contribution in [0.25, 0.3) is 22.6 Å². The van der Waals surface area contributed by atoms with Gasteiger partial charge in [-0.1, -0.05) is 34.1 Å². The fraction of sp³-hybridized carbons (Fsp3) is 0. The van der Waals surface area contributed by atoms with Crippen LogP contribution in [0.5, 0.6) is 0 Å². The van der Waals surface area contributed by atoms with Gasteiger partial charge in [0.15, 0.2) is 5.58 Å². The first-order chi connectivity index (χ1) is 13.1. The van der Waals surface area contributed by atoms with Crippen molar-refractivity contribution in [2.45, 2.75) is 0 Å². The van der Waals surface area contributed by atoms with Gasteiger partial charge in [-0.25, -0.2) is 9.88 Å². The molecule has 0 N–H and O–H groups in total. The first kappa shape index (κ1) is 16.0. The fourth-order valence-corrected chi connectivity index (χ4v) is 3.62. The van der Waals surface area contributed by atoms with E-state index < -0.39 is 0 Å². The Morgan fingerprint density at radius 3 is 2.30 bits per heavy atom. The molecule has 5 rings (SSSR count). The average molecular weight is 419 g/mol. The Bertz CT molecular complexity index is 1210. The van der Waals surface area contributed by atoms with Crippen molar-refractivity contribution >= 4 is 44.5 Å². The number of amides is 2. The Morgan fingerprint density at radius 1 is 0.852 bits per heavy atom. The zero-order chi connectivity index (χ0) is 18.5. The second-order valence-electron chi connectivity index (χ2n) is 6.17. The van der Waals surface area contributed by atoms with Crippen LogP contribution in [-0.4, -0.2) is 16.8 Å². The van der Waals surface area contributed by atoms with E-state index >= 15 is 0 Å². The number of carbonyl (C=O) groups excluding carboxylic acids is 2. The van der Waals surface area contributed by atoms with Crippen molar-refractivity contribution < 1.29 is 14.0 Å². The van der Waals surface area contributed by atoms with Crippen LogP contribution in [0.2, 0.25) is 0 Å². The monoisotopic (exact) mass is 418 g/mol. The molecule has 0 fully saturated rings. The molecule has 130 valence electrons. The molecule has 0 bridgehead atoms. The maximum Gasteiger partial charge on any atom is 0.266 e. The number of benzene rings is 3. The van der Waals surface area contributed by atoms with E-state index in [0.717, 1.165) is 10.0 Å². The molecule has 1 aliphatic heterocycles. The smallest absolute Gasteiger partial charge is 0.266 e. The summed E-state index contributed by atoms with van der Waals surface area (Å²) in [6.07, 6.45) is 0. The number of hydrogen-bond acceptors (Lipinski definition) is 4. The van der Waals surface area contributed by atoms with Crippen LogP contribution in [-0.2, 0) is 0 Å². The highest BCUT2D eigenvalue weighted by atomic mass is 79.9. The van der Waals surface area contributed by atoms with Gasteiger partial charge in [-0.2, -0.15) is 0 Å². The summed E-state index contributed by atoms with van der Waals surface area (Å²) < 4.78 is 6.75. The summed E-state index contributed by atoms with van der Waals surface area (Å²) in [5, 5.41) is 0. The Kier molecular flexibility index (Phi) is 3.48. The predicted octanol–water partition coefficient (Wildman–Crippen LogP) is 5.06. The minimum absolute atomic E-state index is 0.328. The van der Waals surface area contributed by atoms with Crippen LogP contribution in [0.15, 0.2) is 75.6 Å². The molecular weight excluding hydrogens is 408 g/mol. The molecule has 0 saturated heterocycles. The van der Waals surface area contributed by atoms with Crippen LogP contribution in [0, 0.1) is 0 Å². The molecule has 2 amide bonds. The van der Waals surface area contributed by atoms with Crippen LogP contribution >= 0.6 is 15.9 Å². The Hall–Kier alpha value is -3.25. The summed E-state index contributed by atoms with van der Waals surface area (Å²) in [6.45, 7) is 0. The van der Waals surface area contributed by atoms with Gasteiger partial charge in [0.2, 0.25) is 5.89 Å². The number of aromatic nitrogens is 1. The van der Waals surface area contributed by atoms with Crippen LogP contribution < -0.4 is 4.90 Å². The van der Waals surface area contributed by atoms with Gasteiger partial charge in [0.05, 0.1) is 16.8 Å². The molecule has 27 heavy (non-hydrogen) atoms. The van der Waals surface area contributed by atoms with Crippen LogP contribution in [0.3, 0.4) is 0 Å². The number of carbonyl (C=O) groups is 2. The largest absolute Gasteiger partial charge is 0.436 e. The second kappa shape index (κ2) is 5.89. The second-order valence-corrected chi connectivity index (χ2v) is 7.09. The average Bonchev–Trinajstić information content (AvgIpc) is 3.21. The molecule has 3 aromatic carbocycles. The topological polar surface area (TPSA) is 63.4 Å². The predicted molar refractivity (Wildman–Crippen MR) is 105 cm³/mol. The minimum atomic E-state index is -0.328. The van der Waals surface area contributed by atoms with Crippen molar-refractivity contribution in [2.75, 3.05) is 4.90 Å². The van der Waals surface area contributed by atoms with Gasteiger partial charge in [-0.3, -0.25) is 9.59 Å². The third kappa shape index (κ3) is 2.49. The Morgan fingerprint density at radius 2 is 1.59 bits per heavy atom. The highest BCUT2D eigenvalue weighted by Crippen LogP contribution is 2.32. The third-order valence-electron chi connectivity index (χ3n) is 4.49. The van der Waals surface area contributed by atoms with Crippen molar-refractivity contribution in [3.05, 3.63) is 82.3 Å². The molecule has 0 aliphatic carbocycles. The highest BCUT2D eigenvalue weighted by molar-refractivity contribution is 9.10. The van der Waals surface area contributed by atoms with Gasteiger partial charge in [0.25, 0.3) is 11.8 Å². The molecule has 1 aliphatic rings. The van der Waals surface area contributed by atoms with E-state index in [-0.39, 0.29) is 11.8 Å². The number of hydrogen-bond donors (Lipinski definition) is 0. The normalized spacial score (nSPS) is 13.4.